The largest absolute Gasteiger partial charge is 0.333 e. The van der Waals surface area contributed by atoms with Crippen LogP contribution in [0.4, 0.5) is 0 Å². The Morgan fingerprint density at radius 1 is 1.41 bits per heavy atom. The standard InChI is InChI=1S/C14H18ClN3O3S/c1-2-16-22(20,21)17-8-13-12-7-11(15)4-3-10(12)5-6-18(13)14(19)9-17/h3-4,7,13,16H,2,5-6,8-9H2,1H3. The van der Waals surface area contributed by atoms with Gasteiger partial charge in [0.05, 0.1) is 12.6 Å². The highest BCUT2D eigenvalue weighted by Crippen LogP contribution is 2.35. The minimum absolute atomic E-state index is 0.109. The van der Waals surface area contributed by atoms with E-state index in [1.165, 1.54) is 4.31 Å². The van der Waals surface area contributed by atoms with Crippen LogP contribution in [0, 0.1) is 0 Å². The average molecular weight is 344 g/mol. The molecule has 0 aliphatic carbocycles. The normalized spacial score (nSPS) is 22.4. The van der Waals surface area contributed by atoms with Crippen LogP contribution >= 0.6 is 11.6 Å². The average Bonchev–Trinajstić information content (AvgIpc) is 2.47. The van der Waals surface area contributed by atoms with Crippen LogP contribution in [0.15, 0.2) is 18.2 Å². The van der Waals surface area contributed by atoms with Crippen molar-refractivity contribution in [1.29, 1.82) is 0 Å². The van der Waals surface area contributed by atoms with Crippen LogP contribution in [0.2, 0.25) is 5.02 Å². The second-order valence-corrected chi connectivity index (χ2v) is 7.68. The monoisotopic (exact) mass is 343 g/mol. The Labute approximate surface area is 135 Å². The van der Waals surface area contributed by atoms with Gasteiger partial charge >= 0.3 is 0 Å². The van der Waals surface area contributed by atoms with E-state index < -0.39 is 10.2 Å². The third-order valence-electron chi connectivity index (χ3n) is 4.14. The molecular weight excluding hydrogens is 326 g/mol. The summed E-state index contributed by atoms with van der Waals surface area (Å²) >= 11 is 6.07. The topological polar surface area (TPSA) is 69.7 Å². The fourth-order valence-electron chi connectivity index (χ4n) is 3.12. The number of nitrogens with zero attached hydrogens (tertiary/aromatic N) is 2. The smallest absolute Gasteiger partial charge is 0.279 e. The Morgan fingerprint density at radius 3 is 2.91 bits per heavy atom. The van der Waals surface area contributed by atoms with Gasteiger partial charge in [-0.3, -0.25) is 4.79 Å². The molecule has 2 aliphatic rings. The predicted octanol–water partition coefficient (Wildman–Crippen LogP) is 0.936. The van der Waals surface area contributed by atoms with Gasteiger partial charge in [0.2, 0.25) is 5.91 Å². The van der Waals surface area contributed by atoms with E-state index in [1.54, 1.807) is 11.8 Å². The predicted molar refractivity (Wildman–Crippen MR) is 83.8 cm³/mol. The molecule has 0 saturated carbocycles. The molecule has 1 aromatic rings. The Kier molecular flexibility index (Phi) is 4.15. The number of halogens is 1. The maximum Gasteiger partial charge on any atom is 0.279 e. The lowest BCUT2D eigenvalue weighted by molar-refractivity contribution is -0.138. The quantitative estimate of drug-likeness (QED) is 0.887. The van der Waals surface area contributed by atoms with E-state index in [9.17, 15) is 13.2 Å². The maximum atomic E-state index is 12.3. The zero-order valence-corrected chi connectivity index (χ0v) is 13.8. The summed E-state index contributed by atoms with van der Waals surface area (Å²) in [6.45, 7) is 2.78. The fraction of sp³-hybridized carbons (Fsp3) is 0.500. The molecule has 120 valence electrons. The third-order valence-corrected chi connectivity index (χ3v) is 5.99. The van der Waals surface area contributed by atoms with Crippen LogP contribution < -0.4 is 4.72 Å². The lowest BCUT2D eigenvalue weighted by Crippen LogP contribution is -2.57. The molecule has 1 saturated heterocycles. The van der Waals surface area contributed by atoms with E-state index in [4.69, 9.17) is 11.6 Å². The second-order valence-electron chi connectivity index (χ2n) is 5.49. The number of piperazine rings is 1. The molecule has 1 aromatic carbocycles. The molecule has 0 radical (unpaired) electrons. The van der Waals surface area contributed by atoms with Crippen LogP contribution in [0.1, 0.15) is 24.1 Å². The minimum atomic E-state index is -3.63. The van der Waals surface area contributed by atoms with Gasteiger partial charge in [-0.2, -0.15) is 12.7 Å². The molecule has 1 amide bonds. The molecular formula is C14H18ClN3O3S. The number of hydrogen-bond acceptors (Lipinski definition) is 3. The first-order valence-electron chi connectivity index (χ1n) is 7.25. The Balaban J connectivity index is 1.96. The number of benzene rings is 1. The Bertz CT molecular complexity index is 707. The molecule has 0 spiro atoms. The van der Waals surface area contributed by atoms with Crippen molar-refractivity contribution >= 4 is 27.7 Å². The van der Waals surface area contributed by atoms with Crippen molar-refractivity contribution in [2.24, 2.45) is 0 Å². The summed E-state index contributed by atoms with van der Waals surface area (Å²) in [6.07, 6.45) is 0.773. The Morgan fingerprint density at radius 2 is 2.18 bits per heavy atom. The highest BCUT2D eigenvalue weighted by atomic mass is 35.5. The second kappa shape index (κ2) is 5.81. The first kappa shape index (κ1) is 15.7. The van der Waals surface area contributed by atoms with Gasteiger partial charge in [-0.1, -0.05) is 24.6 Å². The van der Waals surface area contributed by atoms with Crippen LogP contribution in [-0.4, -0.2) is 49.7 Å². The zero-order chi connectivity index (χ0) is 15.9. The number of fused-ring (bicyclic) bond motifs is 3. The zero-order valence-electron chi connectivity index (χ0n) is 12.3. The van der Waals surface area contributed by atoms with Crippen molar-refractivity contribution in [3.05, 3.63) is 34.3 Å². The first-order chi connectivity index (χ1) is 10.4. The fourth-order valence-corrected chi connectivity index (χ4v) is 4.47. The van der Waals surface area contributed by atoms with E-state index >= 15 is 0 Å². The van der Waals surface area contributed by atoms with E-state index in [-0.39, 0.29) is 25.0 Å². The SMILES string of the molecule is CCNS(=O)(=O)N1CC(=O)N2CCc3ccc(Cl)cc3C2C1. The van der Waals surface area contributed by atoms with E-state index in [2.05, 4.69) is 4.72 Å². The highest BCUT2D eigenvalue weighted by molar-refractivity contribution is 7.87. The number of amides is 1. The van der Waals surface area contributed by atoms with Crippen molar-refractivity contribution in [3.63, 3.8) is 0 Å². The summed E-state index contributed by atoms with van der Waals surface area (Å²) in [4.78, 5) is 14.1. The number of carbonyl (C=O) groups is 1. The molecule has 2 heterocycles. The summed E-state index contributed by atoms with van der Waals surface area (Å²) in [7, 11) is -3.63. The van der Waals surface area contributed by atoms with Crippen LogP contribution in [0.25, 0.3) is 0 Å². The molecule has 1 fully saturated rings. The van der Waals surface area contributed by atoms with E-state index in [0.29, 0.717) is 18.1 Å². The van der Waals surface area contributed by atoms with Gasteiger partial charge in [0.1, 0.15) is 0 Å². The summed E-state index contributed by atoms with van der Waals surface area (Å²) < 4.78 is 28.1. The summed E-state index contributed by atoms with van der Waals surface area (Å²) in [6, 6.07) is 5.35. The first-order valence-corrected chi connectivity index (χ1v) is 9.06. The van der Waals surface area contributed by atoms with Gasteiger partial charge in [0, 0.05) is 24.7 Å². The van der Waals surface area contributed by atoms with Crippen molar-refractivity contribution in [2.75, 3.05) is 26.2 Å². The summed E-state index contributed by atoms with van der Waals surface area (Å²) in [5, 5.41) is 0.597. The van der Waals surface area contributed by atoms with Gasteiger partial charge < -0.3 is 4.90 Å². The van der Waals surface area contributed by atoms with Gasteiger partial charge in [0.15, 0.2) is 0 Å². The molecule has 2 aliphatic heterocycles. The van der Waals surface area contributed by atoms with E-state index in [0.717, 1.165) is 17.5 Å². The van der Waals surface area contributed by atoms with Crippen LogP contribution in [-0.2, 0) is 21.4 Å². The molecule has 8 heteroatoms. The van der Waals surface area contributed by atoms with Gasteiger partial charge in [0.25, 0.3) is 10.2 Å². The van der Waals surface area contributed by atoms with Crippen LogP contribution in [0.3, 0.4) is 0 Å². The highest BCUT2D eigenvalue weighted by Gasteiger charge is 2.40. The number of hydrogen-bond donors (Lipinski definition) is 1. The number of nitrogens with one attached hydrogen (secondary N) is 1. The molecule has 0 aromatic heterocycles. The minimum Gasteiger partial charge on any atom is -0.333 e. The van der Waals surface area contributed by atoms with Gasteiger partial charge in [-0.15, -0.1) is 0 Å². The lowest BCUT2D eigenvalue weighted by Gasteiger charge is -2.44. The lowest BCUT2D eigenvalue weighted by atomic mass is 9.91. The maximum absolute atomic E-state index is 12.3. The van der Waals surface area contributed by atoms with Crippen molar-refractivity contribution in [3.8, 4) is 0 Å². The molecule has 1 atom stereocenters. The Hall–Kier alpha value is -1.15. The summed E-state index contributed by atoms with van der Waals surface area (Å²) in [5.74, 6) is -0.164. The van der Waals surface area contributed by atoms with Crippen molar-refractivity contribution in [1.82, 2.24) is 13.9 Å². The molecule has 1 unspecified atom stereocenters. The van der Waals surface area contributed by atoms with Crippen molar-refractivity contribution < 1.29 is 13.2 Å². The number of rotatable bonds is 3. The molecule has 6 nitrogen and oxygen atoms in total. The van der Waals surface area contributed by atoms with Gasteiger partial charge in [-0.05, 0) is 29.7 Å². The summed E-state index contributed by atoms with van der Waals surface area (Å²) in [5.41, 5.74) is 2.07. The van der Waals surface area contributed by atoms with Gasteiger partial charge in [-0.25, -0.2) is 4.72 Å². The molecule has 3 rings (SSSR count). The van der Waals surface area contributed by atoms with Crippen molar-refractivity contribution in [2.45, 2.75) is 19.4 Å². The molecule has 1 N–H and O–H groups in total. The molecule has 22 heavy (non-hydrogen) atoms. The number of carbonyl (C=O) groups excluding carboxylic acids is 1. The van der Waals surface area contributed by atoms with Crippen LogP contribution in [0.5, 0.6) is 0 Å². The third kappa shape index (κ3) is 2.74. The molecule has 0 bridgehead atoms. The van der Waals surface area contributed by atoms with E-state index in [1.807, 2.05) is 18.2 Å².